The number of fused-ring (bicyclic) bond motifs is 1. The highest BCUT2D eigenvalue weighted by Crippen LogP contribution is 2.44. The first-order valence-electron chi connectivity index (χ1n) is 6.15. The molecule has 1 saturated heterocycles. The van der Waals surface area contributed by atoms with E-state index in [1.807, 2.05) is 6.07 Å². The van der Waals surface area contributed by atoms with Gasteiger partial charge in [0.1, 0.15) is 13.2 Å². The molecule has 0 bridgehead atoms. The molecule has 0 amide bonds. The van der Waals surface area contributed by atoms with Gasteiger partial charge in [0, 0.05) is 10.0 Å². The number of ether oxygens (including phenoxy) is 2. The summed E-state index contributed by atoms with van der Waals surface area (Å²) in [5, 5.41) is 3.40. The van der Waals surface area contributed by atoms with E-state index in [2.05, 4.69) is 27.3 Å². The van der Waals surface area contributed by atoms with Gasteiger partial charge in [-0.15, -0.1) is 0 Å². The summed E-state index contributed by atoms with van der Waals surface area (Å²) >= 11 is 3.65. The molecule has 0 aliphatic carbocycles. The van der Waals surface area contributed by atoms with E-state index in [-0.39, 0.29) is 0 Å². The Morgan fingerprint density at radius 3 is 2.71 bits per heavy atom. The molecule has 3 nitrogen and oxygen atoms in total. The van der Waals surface area contributed by atoms with Gasteiger partial charge in [-0.05, 0) is 44.0 Å². The first-order chi connectivity index (χ1) is 8.36. The summed E-state index contributed by atoms with van der Waals surface area (Å²) in [6, 6.07) is 4.06. The molecule has 3 rings (SSSR count). The van der Waals surface area contributed by atoms with E-state index in [4.69, 9.17) is 9.47 Å². The second kappa shape index (κ2) is 4.86. The summed E-state index contributed by atoms with van der Waals surface area (Å²) in [5.74, 6) is 2.42. The minimum atomic E-state index is 0.572. The third kappa shape index (κ3) is 2.16. The van der Waals surface area contributed by atoms with Crippen molar-refractivity contribution in [3.63, 3.8) is 0 Å². The van der Waals surface area contributed by atoms with Crippen molar-refractivity contribution >= 4 is 15.9 Å². The van der Waals surface area contributed by atoms with Crippen LogP contribution >= 0.6 is 15.9 Å². The van der Waals surface area contributed by atoms with Crippen LogP contribution in [0.1, 0.15) is 24.3 Å². The number of benzene rings is 1. The number of hydrogen-bond acceptors (Lipinski definition) is 3. The summed E-state index contributed by atoms with van der Waals surface area (Å²) in [6.07, 6.45) is 2.33. The molecule has 1 aromatic carbocycles. The lowest BCUT2D eigenvalue weighted by Gasteiger charge is -2.28. The maximum Gasteiger partial charge on any atom is 0.165 e. The summed E-state index contributed by atoms with van der Waals surface area (Å²) in [5.41, 5.74) is 1.30. The van der Waals surface area contributed by atoms with Crippen molar-refractivity contribution in [1.29, 1.82) is 0 Å². The molecule has 1 aromatic rings. The Morgan fingerprint density at radius 1 is 1.12 bits per heavy atom. The fourth-order valence-electron chi connectivity index (χ4n) is 2.60. The van der Waals surface area contributed by atoms with Crippen LogP contribution in [-0.4, -0.2) is 26.3 Å². The van der Waals surface area contributed by atoms with Crippen LogP contribution in [0.4, 0.5) is 0 Å². The van der Waals surface area contributed by atoms with Gasteiger partial charge in [-0.3, -0.25) is 0 Å². The van der Waals surface area contributed by atoms with Crippen molar-refractivity contribution in [2.24, 2.45) is 0 Å². The minimum Gasteiger partial charge on any atom is -0.486 e. The highest BCUT2D eigenvalue weighted by atomic mass is 79.9. The molecule has 2 aliphatic heterocycles. The maximum atomic E-state index is 5.81. The molecule has 0 atom stereocenters. The van der Waals surface area contributed by atoms with Gasteiger partial charge in [0.05, 0.1) is 0 Å². The number of nitrogens with one attached hydrogen (secondary N) is 1. The standard InChI is InChI=1S/C13H16BrNO2/c14-10-1-2-11-13(17-8-7-16-11)12(10)9-3-5-15-6-4-9/h1-2,9,15H,3-8H2. The van der Waals surface area contributed by atoms with Gasteiger partial charge in [-0.1, -0.05) is 15.9 Å². The molecule has 0 radical (unpaired) electrons. The Morgan fingerprint density at radius 2 is 1.88 bits per heavy atom. The topological polar surface area (TPSA) is 30.5 Å². The average Bonchev–Trinajstić information content (AvgIpc) is 2.39. The molecule has 0 unspecified atom stereocenters. The Bertz CT molecular complexity index is 416. The zero-order valence-electron chi connectivity index (χ0n) is 9.67. The summed E-state index contributed by atoms with van der Waals surface area (Å²) < 4.78 is 12.6. The van der Waals surface area contributed by atoms with Crippen LogP contribution in [-0.2, 0) is 0 Å². The van der Waals surface area contributed by atoms with Gasteiger partial charge < -0.3 is 14.8 Å². The van der Waals surface area contributed by atoms with E-state index in [0.717, 1.165) is 29.1 Å². The number of halogens is 1. The third-order valence-electron chi connectivity index (χ3n) is 3.44. The van der Waals surface area contributed by atoms with Crippen LogP contribution in [0.2, 0.25) is 0 Å². The number of piperidine rings is 1. The van der Waals surface area contributed by atoms with Crippen molar-refractivity contribution < 1.29 is 9.47 Å². The molecular formula is C13H16BrNO2. The van der Waals surface area contributed by atoms with E-state index < -0.39 is 0 Å². The molecule has 4 heteroatoms. The van der Waals surface area contributed by atoms with Crippen molar-refractivity contribution in [1.82, 2.24) is 5.32 Å². The van der Waals surface area contributed by atoms with Crippen molar-refractivity contribution in [2.45, 2.75) is 18.8 Å². The molecule has 1 fully saturated rings. The predicted molar refractivity (Wildman–Crippen MR) is 70.0 cm³/mol. The monoisotopic (exact) mass is 297 g/mol. The molecule has 0 saturated carbocycles. The van der Waals surface area contributed by atoms with Crippen LogP contribution < -0.4 is 14.8 Å². The van der Waals surface area contributed by atoms with E-state index in [9.17, 15) is 0 Å². The lowest BCUT2D eigenvalue weighted by Crippen LogP contribution is -2.27. The summed E-state index contributed by atoms with van der Waals surface area (Å²) in [4.78, 5) is 0. The Hall–Kier alpha value is -0.740. The zero-order chi connectivity index (χ0) is 11.7. The molecule has 1 N–H and O–H groups in total. The van der Waals surface area contributed by atoms with Crippen LogP contribution in [0.25, 0.3) is 0 Å². The maximum absolute atomic E-state index is 5.81. The Kier molecular flexibility index (Phi) is 3.25. The van der Waals surface area contributed by atoms with Gasteiger partial charge in [-0.25, -0.2) is 0 Å². The summed E-state index contributed by atoms with van der Waals surface area (Å²) in [7, 11) is 0. The minimum absolute atomic E-state index is 0.572. The Labute approximate surface area is 110 Å². The van der Waals surface area contributed by atoms with Gasteiger partial charge in [0.15, 0.2) is 11.5 Å². The fourth-order valence-corrected chi connectivity index (χ4v) is 3.24. The lowest BCUT2D eigenvalue weighted by atomic mass is 9.89. The first-order valence-corrected chi connectivity index (χ1v) is 6.94. The first kappa shape index (κ1) is 11.4. The zero-order valence-corrected chi connectivity index (χ0v) is 11.3. The second-order valence-corrected chi connectivity index (χ2v) is 5.36. The van der Waals surface area contributed by atoms with Crippen molar-refractivity contribution in [2.75, 3.05) is 26.3 Å². The van der Waals surface area contributed by atoms with Gasteiger partial charge in [-0.2, -0.15) is 0 Å². The number of rotatable bonds is 1. The molecule has 17 heavy (non-hydrogen) atoms. The third-order valence-corrected chi connectivity index (χ3v) is 4.13. The van der Waals surface area contributed by atoms with Gasteiger partial charge >= 0.3 is 0 Å². The molecule has 0 spiro atoms. The van der Waals surface area contributed by atoms with Crippen molar-refractivity contribution in [3.8, 4) is 11.5 Å². The van der Waals surface area contributed by atoms with Crippen LogP contribution in [0.5, 0.6) is 11.5 Å². The van der Waals surface area contributed by atoms with Crippen molar-refractivity contribution in [3.05, 3.63) is 22.2 Å². The molecule has 2 aliphatic rings. The fraction of sp³-hybridized carbons (Fsp3) is 0.538. The SMILES string of the molecule is Brc1ccc2c(c1C1CCNCC1)OCCO2. The van der Waals surface area contributed by atoms with E-state index in [1.165, 1.54) is 18.4 Å². The van der Waals surface area contributed by atoms with Crippen LogP contribution in [0.15, 0.2) is 16.6 Å². The second-order valence-electron chi connectivity index (χ2n) is 4.51. The van der Waals surface area contributed by atoms with E-state index in [1.54, 1.807) is 0 Å². The average molecular weight is 298 g/mol. The smallest absolute Gasteiger partial charge is 0.165 e. The highest BCUT2D eigenvalue weighted by Gasteiger charge is 2.25. The molecule has 2 heterocycles. The van der Waals surface area contributed by atoms with Crippen LogP contribution in [0.3, 0.4) is 0 Å². The predicted octanol–water partition coefficient (Wildman–Crippen LogP) is 2.69. The normalized spacial score (nSPS) is 20.3. The van der Waals surface area contributed by atoms with E-state index in [0.29, 0.717) is 19.1 Å². The molecular weight excluding hydrogens is 282 g/mol. The van der Waals surface area contributed by atoms with Gasteiger partial charge in [0.2, 0.25) is 0 Å². The lowest BCUT2D eigenvalue weighted by molar-refractivity contribution is 0.168. The van der Waals surface area contributed by atoms with E-state index >= 15 is 0 Å². The highest BCUT2D eigenvalue weighted by molar-refractivity contribution is 9.10. The quantitative estimate of drug-likeness (QED) is 0.864. The van der Waals surface area contributed by atoms with Gasteiger partial charge in [0.25, 0.3) is 0 Å². The largest absolute Gasteiger partial charge is 0.486 e. The molecule has 0 aromatic heterocycles. The Balaban J connectivity index is 2.01. The summed E-state index contributed by atoms with van der Waals surface area (Å²) in [6.45, 7) is 3.48. The number of hydrogen-bond donors (Lipinski definition) is 1. The molecule has 92 valence electrons. The van der Waals surface area contributed by atoms with Crippen LogP contribution in [0, 0.1) is 0 Å².